The van der Waals surface area contributed by atoms with Crippen molar-refractivity contribution >= 4 is 29.3 Å². The first kappa shape index (κ1) is 18.8. The Morgan fingerprint density at radius 3 is 2.56 bits per heavy atom. The van der Waals surface area contributed by atoms with Crippen molar-refractivity contribution in [2.45, 2.75) is 20.8 Å². The number of aromatic nitrogens is 3. The van der Waals surface area contributed by atoms with Crippen LogP contribution in [0.3, 0.4) is 0 Å². The van der Waals surface area contributed by atoms with Crippen LogP contribution < -0.4 is 19.5 Å². The number of hydrogen-bond acceptors (Lipinski definition) is 5. The Labute approximate surface area is 160 Å². The summed E-state index contributed by atoms with van der Waals surface area (Å²) in [6, 6.07) is 7.57. The Balaban J connectivity index is 2.02. The van der Waals surface area contributed by atoms with Crippen LogP contribution in [0.25, 0.3) is 23.4 Å². The highest BCUT2D eigenvalue weighted by molar-refractivity contribution is 7.07. The van der Waals surface area contributed by atoms with E-state index in [4.69, 9.17) is 4.74 Å². The summed E-state index contributed by atoms with van der Waals surface area (Å²) in [5, 5.41) is 7.06. The quantitative estimate of drug-likeness (QED) is 0.722. The molecular weight excluding hydrogens is 362 g/mol. The molecule has 0 aliphatic carbocycles. The SMILES string of the molecule is COc1ccc(-c2[nH]ncc2C=c2sc(=CC(=O)C(C)(C)C)[nH]c2=O)cc1. The van der Waals surface area contributed by atoms with Crippen molar-refractivity contribution in [2.24, 2.45) is 5.41 Å². The van der Waals surface area contributed by atoms with Gasteiger partial charge in [-0.25, -0.2) is 0 Å². The molecule has 3 rings (SSSR count). The van der Waals surface area contributed by atoms with Crippen LogP contribution in [0.5, 0.6) is 5.75 Å². The molecule has 0 aliphatic rings. The third-order valence-electron chi connectivity index (χ3n) is 4.02. The van der Waals surface area contributed by atoms with Crippen molar-refractivity contribution < 1.29 is 9.53 Å². The lowest BCUT2D eigenvalue weighted by atomic mass is 9.91. The molecule has 0 spiro atoms. The Hall–Kier alpha value is -2.93. The van der Waals surface area contributed by atoms with Gasteiger partial charge in [0.05, 0.1) is 28.2 Å². The van der Waals surface area contributed by atoms with Gasteiger partial charge in [-0.15, -0.1) is 11.3 Å². The fraction of sp³-hybridized carbons (Fsp3) is 0.250. The van der Waals surface area contributed by atoms with Crippen molar-refractivity contribution in [3.05, 3.63) is 55.6 Å². The van der Waals surface area contributed by atoms with Crippen molar-refractivity contribution in [1.82, 2.24) is 15.2 Å². The van der Waals surface area contributed by atoms with Gasteiger partial charge in [0.25, 0.3) is 5.56 Å². The second-order valence-electron chi connectivity index (χ2n) is 7.12. The molecular formula is C20H21N3O3S. The first-order valence-corrected chi connectivity index (χ1v) is 9.24. The van der Waals surface area contributed by atoms with Gasteiger partial charge < -0.3 is 9.72 Å². The molecule has 27 heavy (non-hydrogen) atoms. The van der Waals surface area contributed by atoms with Crippen LogP contribution in [-0.4, -0.2) is 28.1 Å². The van der Waals surface area contributed by atoms with Crippen molar-refractivity contribution in [3.63, 3.8) is 0 Å². The van der Waals surface area contributed by atoms with Gasteiger partial charge in [0.1, 0.15) is 5.75 Å². The lowest BCUT2D eigenvalue weighted by Crippen LogP contribution is -2.22. The molecule has 0 atom stereocenters. The summed E-state index contributed by atoms with van der Waals surface area (Å²) in [4.78, 5) is 27.2. The van der Waals surface area contributed by atoms with Crippen LogP contribution in [-0.2, 0) is 4.79 Å². The van der Waals surface area contributed by atoms with Crippen LogP contribution in [0.2, 0.25) is 0 Å². The largest absolute Gasteiger partial charge is 0.497 e. The first-order chi connectivity index (χ1) is 12.8. The van der Waals surface area contributed by atoms with Crippen molar-refractivity contribution in [3.8, 4) is 17.0 Å². The maximum absolute atomic E-state index is 12.3. The summed E-state index contributed by atoms with van der Waals surface area (Å²) in [6.07, 6.45) is 4.93. The van der Waals surface area contributed by atoms with Crippen LogP contribution in [0.15, 0.2) is 35.3 Å². The standard InChI is InChI=1S/C20H21N3O3S/c1-20(2,3)16(24)10-17-22-19(25)15(27-17)9-13-11-21-23-18(13)12-5-7-14(26-4)8-6-12/h5-11H,1-4H3,(H,21,23)(H,22,25). The number of aromatic amines is 2. The number of H-pyrrole nitrogens is 2. The zero-order valence-corrected chi connectivity index (χ0v) is 16.4. The van der Waals surface area contributed by atoms with Crippen molar-refractivity contribution in [1.29, 1.82) is 0 Å². The van der Waals surface area contributed by atoms with Crippen LogP contribution in [0.4, 0.5) is 0 Å². The van der Waals surface area contributed by atoms with E-state index in [1.807, 2.05) is 45.0 Å². The monoisotopic (exact) mass is 383 g/mol. The third kappa shape index (κ3) is 4.25. The summed E-state index contributed by atoms with van der Waals surface area (Å²) in [6.45, 7) is 5.53. The highest BCUT2D eigenvalue weighted by Crippen LogP contribution is 2.24. The van der Waals surface area contributed by atoms with E-state index < -0.39 is 5.41 Å². The smallest absolute Gasteiger partial charge is 0.266 e. The van der Waals surface area contributed by atoms with Gasteiger partial charge in [-0.1, -0.05) is 20.8 Å². The van der Waals surface area contributed by atoms with E-state index in [-0.39, 0.29) is 11.3 Å². The summed E-state index contributed by atoms with van der Waals surface area (Å²) < 4.78 is 6.23. The van der Waals surface area contributed by atoms with Gasteiger partial charge >= 0.3 is 0 Å². The molecule has 2 heterocycles. The highest BCUT2D eigenvalue weighted by atomic mass is 32.1. The normalized spacial score (nSPS) is 13.2. The molecule has 0 saturated heterocycles. The molecule has 0 fully saturated rings. The average Bonchev–Trinajstić information content (AvgIpc) is 3.21. The maximum Gasteiger partial charge on any atom is 0.266 e. The molecule has 1 aromatic carbocycles. The van der Waals surface area contributed by atoms with Gasteiger partial charge in [0, 0.05) is 22.6 Å². The van der Waals surface area contributed by atoms with Crippen LogP contribution in [0.1, 0.15) is 26.3 Å². The molecule has 2 N–H and O–H groups in total. The molecule has 3 aromatic rings. The number of rotatable bonds is 4. The molecule has 6 nitrogen and oxygen atoms in total. The highest BCUT2D eigenvalue weighted by Gasteiger charge is 2.18. The fourth-order valence-corrected chi connectivity index (χ4v) is 3.27. The van der Waals surface area contributed by atoms with E-state index in [0.717, 1.165) is 22.6 Å². The molecule has 0 radical (unpaired) electrons. The summed E-state index contributed by atoms with van der Waals surface area (Å²) in [5.74, 6) is 0.732. The molecule has 0 amide bonds. The Morgan fingerprint density at radius 1 is 1.22 bits per heavy atom. The predicted octanol–water partition coefficient (Wildman–Crippen LogP) is 2.06. The van der Waals surface area contributed by atoms with Gasteiger partial charge in [-0.05, 0) is 30.3 Å². The number of Topliss-reactive ketones (excluding diaryl/α,β-unsaturated/α-hetero) is 1. The van der Waals surface area contributed by atoms with E-state index in [2.05, 4.69) is 15.2 Å². The number of hydrogen-bond donors (Lipinski definition) is 2. The molecule has 0 aliphatic heterocycles. The minimum absolute atomic E-state index is 0.0335. The molecule has 0 saturated carbocycles. The molecule has 2 aromatic heterocycles. The second kappa shape index (κ2) is 7.36. The zero-order valence-electron chi connectivity index (χ0n) is 15.6. The lowest BCUT2D eigenvalue weighted by molar-refractivity contribution is -0.119. The molecule has 0 bridgehead atoms. The third-order valence-corrected chi connectivity index (χ3v) is 4.98. The van der Waals surface area contributed by atoms with Crippen molar-refractivity contribution in [2.75, 3.05) is 7.11 Å². The summed E-state index contributed by atoms with van der Waals surface area (Å²) in [7, 11) is 1.62. The van der Waals surface area contributed by atoms with E-state index in [0.29, 0.717) is 9.20 Å². The van der Waals surface area contributed by atoms with Gasteiger partial charge in [-0.2, -0.15) is 5.10 Å². The minimum Gasteiger partial charge on any atom is -0.497 e. The molecule has 0 unspecified atom stereocenters. The number of carbonyl (C=O) groups excluding carboxylic acids is 1. The fourth-order valence-electron chi connectivity index (χ4n) is 2.39. The lowest BCUT2D eigenvalue weighted by Gasteiger charge is -2.12. The van der Waals surface area contributed by atoms with Crippen LogP contribution in [0, 0.1) is 5.41 Å². The molecule has 7 heteroatoms. The summed E-state index contributed by atoms with van der Waals surface area (Å²) in [5.41, 5.74) is 1.82. The van der Waals surface area contributed by atoms with Crippen LogP contribution >= 0.6 is 11.3 Å². The summed E-state index contributed by atoms with van der Waals surface area (Å²) >= 11 is 1.25. The zero-order chi connectivity index (χ0) is 19.6. The number of nitrogens with zero attached hydrogens (tertiary/aromatic N) is 1. The average molecular weight is 383 g/mol. The maximum atomic E-state index is 12.3. The van der Waals surface area contributed by atoms with E-state index in [1.165, 1.54) is 17.4 Å². The van der Waals surface area contributed by atoms with E-state index in [1.54, 1.807) is 19.4 Å². The van der Waals surface area contributed by atoms with E-state index in [9.17, 15) is 9.59 Å². The molecule has 140 valence electrons. The number of methoxy groups -OCH3 is 1. The predicted molar refractivity (Wildman–Crippen MR) is 107 cm³/mol. The number of thiazole rings is 1. The Morgan fingerprint density at radius 2 is 1.93 bits per heavy atom. The number of ketones is 1. The number of benzene rings is 1. The second-order valence-corrected chi connectivity index (χ2v) is 8.20. The Bertz CT molecular complexity index is 1130. The number of carbonyl (C=O) groups is 1. The minimum atomic E-state index is -0.489. The van der Waals surface area contributed by atoms with Gasteiger partial charge in [0.15, 0.2) is 5.78 Å². The number of ether oxygens (including phenoxy) is 1. The van der Waals surface area contributed by atoms with Gasteiger partial charge in [-0.3, -0.25) is 14.7 Å². The Kier molecular flexibility index (Phi) is 5.14. The number of nitrogens with one attached hydrogen (secondary N) is 2. The first-order valence-electron chi connectivity index (χ1n) is 8.43. The van der Waals surface area contributed by atoms with Gasteiger partial charge in [0.2, 0.25) is 0 Å². The van der Waals surface area contributed by atoms with E-state index >= 15 is 0 Å². The topological polar surface area (TPSA) is 87.8 Å².